The molecule has 0 aliphatic rings. The summed E-state index contributed by atoms with van der Waals surface area (Å²) in [6, 6.07) is 7.63. The lowest BCUT2D eigenvalue weighted by molar-refractivity contribution is 0.101. The fourth-order valence-electron chi connectivity index (χ4n) is 1.31. The number of benzene rings is 1. The van der Waals surface area contributed by atoms with Gasteiger partial charge in [-0.3, -0.25) is 4.79 Å². The normalized spacial score (nSPS) is 10.1. The van der Waals surface area contributed by atoms with Crippen molar-refractivity contribution in [2.24, 2.45) is 0 Å². The van der Waals surface area contributed by atoms with Gasteiger partial charge in [0.05, 0.1) is 0 Å². The first-order valence-electron chi connectivity index (χ1n) is 4.93. The highest BCUT2D eigenvalue weighted by Gasteiger charge is 2.10. The Hall–Kier alpha value is -2.24. The van der Waals surface area contributed by atoms with Crippen LogP contribution in [0, 0.1) is 0 Å². The second-order valence-electron chi connectivity index (χ2n) is 3.24. The highest BCUT2D eigenvalue weighted by Crippen LogP contribution is 2.11. The van der Waals surface area contributed by atoms with Gasteiger partial charge < -0.3 is 5.32 Å². The maximum Gasteiger partial charge on any atom is 0.297 e. The smallest absolute Gasteiger partial charge is 0.297 e. The lowest BCUT2D eigenvalue weighted by Crippen LogP contribution is -2.13. The van der Waals surface area contributed by atoms with Gasteiger partial charge in [-0.1, -0.05) is 19.1 Å². The first-order chi connectivity index (χ1) is 7.79. The Labute approximate surface area is 92.1 Å². The van der Waals surface area contributed by atoms with Gasteiger partial charge in [-0.15, -0.1) is 10.2 Å². The minimum atomic E-state index is -0.373. The van der Waals surface area contributed by atoms with Gasteiger partial charge in [-0.2, -0.15) is 5.21 Å². The second kappa shape index (κ2) is 4.52. The van der Waals surface area contributed by atoms with Crippen LogP contribution in [0.1, 0.15) is 23.1 Å². The van der Waals surface area contributed by atoms with Gasteiger partial charge in [0.1, 0.15) is 0 Å². The van der Waals surface area contributed by atoms with Crippen LogP contribution >= 0.6 is 0 Å². The average molecular weight is 217 g/mol. The maximum absolute atomic E-state index is 11.6. The van der Waals surface area contributed by atoms with E-state index in [1.165, 1.54) is 0 Å². The topological polar surface area (TPSA) is 83.6 Å². The minimum Gasteiger partial charge on any atom is -0.319 e. The summed E-state index contributed by atoms with van der Waals surface area (Å²) in [7, 11) is 0. The van der Waals surface area contributed by atoms with Crippen molar-refractivity contribution < 1.29 is 4.79 Å². The molecule has 1 aromatic carbocycles. The zero-order valence-corrected chi connectivity index (χ0v) is 8.77. The van der Waals surface area contributed by atoms with Gasteiger partial charge in [0.2, 0.25) is 0 Å². The molecule has 2 rings (SSSR count). The predicted molar refractivity (Wildman–Crippen MR) is 58.0 cm³/mol. The first-order valence-corrected chi connectivity index (χ1v) is 4.93. The van der Waals surface area contributed by atoms with Crippen LogP contribution < -0.4 is 5.32 Å². The van der Waals surface area contributed by atoms with Crippen LogP contribution in [0.25, 0.3) is 0 Å². The summed E-state index contributed by atoms with van der Waals surface area (Å²) in [5.41, 5.74) is 1.89. The molecule has 6 nitrogen and oxygen atoms in total. The molecule has 2 aromatic rings. The molecule has 1 heterocycles. The Morgan fingerprint density at radius 1 is 1.50 bits per heavy atom. The van der Waals surface area contributed by atoms with Crippen molar-refractivity contribution in [2.45, 2.75) is 13.3 Å². The van der Waals surface area contributed by atoms with Crippen molar-refractivity contribution in [3.05, 3.63) is 35.7 Å². The number of H-pyrrole nitrogens is 1. The Balaban J connectivity index is 2.12. The molecule has 0 radical (unpaired) electrons. The quantitative estimate of drug-likeness (QED) is 0.803. The fourth-order valence-corrected chi connectivity index (χ4v) is 1.31. The standard InChI is InChI=1S/C10H11N5O/c1-2-7-4-3-5-8(6-7)11-10(16)9-12-14-15-13-9/h3-6H,2H2,1H3,(H,11,16)(H,12,13,14,15). The first kappa shape index (κ1) is 10.3. The summed E-state index contributed by atoms with van der Waals surface area (Å²) in [5, 5.41) is 15.4. The summed E-state index contributed by atoms with van der Waals surface area (Å²) in [4.78, 5) is 11.6. The molecule has 16 heavy (non-hydrogen) atoms. The zero-order chi connectivity index (χ0) is 11.4. The molecule has 0 saturated heterocycles. The zero-order valence-electron chi connectivity index (χ0n) is 8.77. The molecule has 82 valence electrons. The van der Waals surface area contributed by atoms with E-state index < -0.39 is 0 Å². The third-order valence-corrected chi connectivity index (χ3v) is 2.14. The summed E-state index contributed by atoms with van der Waals surface area (Å²) in [5.74, 6) is -0.344. The van der Waals surface area contributed by atoms with Gasteiger partial charge in [0, 0.05) is 5.69 Å². The number of carbonyl (C=O) groups is 1. The van der Waals surface area contributed by atoms with E-state index >= 15 is 0 Å². The van der Waals surface area contributed by atoms with Crippen LogP contribution in [0.2, 0.25) is 0 Å². The lowest BCUT2D eigenvalue weighted by Gasteiger charge is -2.03. The van der Waals surface area contributed by atoms with E-state index in [1.807, 2.05) is 24.3 Å². The summed E-state index contributed by atoms with van der Waals surface area (Å²) in [6.45, 7) is 2.06. The molecule has 1 amide bonds. The van der Waals surface area contributed by atoms with Crippen LogP contribution in [0.3, 0.4) is 0 Å². The number of amides is 1. The van der Waals surface area contributed by atoms with Gasteiger partial charge in [0.25, 0.3) is 11.7 Å². The van der Waals surface area contributed by atoms with Gasteiger partial charge in [0.15, 0.2) is 0 Å². The Morgan fingerprint density at radius 3 is 3.06 bits per heavy atom. The van der Waals surface area contributed by atoms with Crippen molar-refractivity contribution in [3.63, 3.8) is 0 Å². The molecule has 1 aromatic heterocycles. The minimum absolute atomic E-state index is 0.0295. The van der Waals surface area contributed by atoms with Crippen LogP contribution in [-0.2, 0) is 6.42 Å². The van der Waals surface area contributed by atoms with E-state index in [0.29, 0.717) is 0 Å². The molecule has 0 saturated carbocycles. The van der Waals surface area contributed by atoms with E-state index in [-0.39, 0.29) is 11.7 Å². The number of tetrazole rings is 1. The fraction of sp³-hybridized carbons (Fsp3) is 0.200. The van der Waals surface area contributed by atoms with Crippen LogP contribution in [0.4, 0.5) is 5.69 Å². The molecule has 6 heteroatoms. The number of carbonyl (C=O) groups excluding carboxylic acids is 1. The van der Waals surface area contributed by atoms with E-state index in [9.17, 15) is 4.79 Å². The van der Waals surface area contributed by atoms with Crippen molar-refractivity contribution >= 4 is 11.6 Å². The number of aromatic nitrogens is 4. The molecular formula is C10H11N5O. The SMILES string of the molecule is CCc1cccc(NC(=O)c2nn[nH]n2)c1. The van der Waals surface area contributed by atoms with E-state index in [0.717, 1.165) is 17.7 Å². The van der Waals surface area contributed by atoms with Crippen molar-refractivity contribution in [1.29, 1.82) is 0 Å². The van der Waals surface area contributed by atoms with Gasteiger partial charge >= 0.3 is 0 Å². The molecule has 0 spiro atoms. The summed E-state index contributed by atoms with van der Waals surface area (Å²) < 4.78 is 0. The van der Waals surface area contributed by atoms with Crippen LogP contribution in [0.15, 0.2) is 24.3 Å². The monoisotopic (exact) mass is 217 g/mol. The highest BCUT2D eigenvalue weighted by atomic mass is 16.2. The Bertz CT molecular complexity index is 480. The lowest BCUT2D eigenvalue weighted by atomic mass is 10.1. The van der Waals surface area contributed by atoms with E-state index in [2.05, 4.69) is 32.9 Å². The molecule has 0 bridgehead atoms. The average Bonchev–Trinajstić information content (AvgIpc) is 2.83. The molecule has 0 aliphatic heterocycles. The number of anilines is 1. The molecule has 2 N–H and O–H groups in total. The second-order valence-corrected chi connectivity index (χ2v) is 3.24. The van der Waals surface area contributed by atoms with Gasteiger partial charge in [-0.05, 0) is 29.3 Å². The number of nitrogens with one attached hydrogen (secondary N) is 2. The molecule has 0 atom stereocenters. The van der Waals surface area contributed by atoms with Gasteiger partial charge in [-0.25, -0.2) is 0 Å². The Kier molecular flexibility index (Phi) is 2.90. The number of nitrogens with zero attached hydrogens (tertiary/aromatic N) is 3. The maximum atomic E-state index is 11.6. The predicted octanol–water partition coefficient (Wildman–Crippen LogP) is 1.01. The van der Waals surface area contributed by atoms with E-state index in [1.54, 1.807) is 0 Å². The summed E-state index contributed by atoms with van der Waals surface area (Å²) >= 11 is 0. The Morgan fingerprint density at radius 2 is 2.38 bits per heavy atom. The van der Waals surface area contributed by atoms with E-state index in [4.69, 9.17) is 0 Å². The number of aromatic amines is 1. The molecular weight excluding hydrogens is 206 g/mol. The molecule has 0 fully saturated rings. The van der Waals surface area contributed by atoms with Crippen molar-refractivity contribution in [3.8, 4) is 0 Å². The summed E-state index contributed by atoms with van der Waals surface area (Å²) in [6.07, 6.45) is 0.923. The number of hydrogen-bond acceptors (Lipinski definition) is 4. The largest absolute Gasteiger partial charge is 0.319 e. The number of rotatable bonds is 3. The van der Waals surface area contributed by atoms with Crippen molar-refractivity contribution in [2.75, 3.05) is 5.32 Å². The third-order valence-electron chi connectivity index (χ3n) is 2.14. The van der Waals surface area contributed by atoms with Crippen molar-refractivity contribution in [1.82, 2.24) is 20.6 Å². The third kappa shape index (κ3) is 2.22. The highest BCUT2D eigenvalue weighted by molar-refractivity contribution is 6.01. The molecule has 0 aliphatic carbocycles. The number of hydrogen-bond donors (Lipinski definition) is 2. The van der Waals surface area contributed by atoms with Crippen LogP contribution in [0.5, 0.6) is 0 Å². The number of aryl methyl sites for hydroxylation is 1. The van der Waals surface area contributed by atoms with Crippen LogP contribution in [-0.4, -0.2) is 26.5 Å². The molecule has 0 unspecified atom stereocenters.